The second-order valence-corrected chi connectivity index (χ2v) is 5.96. The van der Waals surface area contributed by atoms with Gasteiger partial charge in [-0.25, -0.2) is 4.39 Å². The van der Waals surface area contributed by atoms with Crippen molar-refractivity contribution < 1.29 is 4.39 Å². The molecule has 1 N–H and O–H groups in total. The third-order valence-corrected chi connectivity index (χ3v) is 4.49. The van der Waals surface area contributed by atoms with E-state index in [1.54, 1.807) is 12.1 Å². The minimum atomic E-state index is -0.131. The maximum absolute atomic E-state index is 13.3. The molecule has 1 fully saturated rings. The Labute approximate surface area is 122 Å². The van der Waals surface area contributed by atoms with Gasteiger partial charge in [0.15, 0.2) is 0 Å². The molecule has 3 atom stereocenters. The van der Waals surface area contributed by atoms with Crippen LogP contribution >= 0.6 is 0 Å². The van der Waals surface area contributed by atoms with E-state index in [1.165, 1.54) is 12.5 Å². The van der Waals surface area contributed by atoms with E-state index in [0.29, 0.717) is 18.1 Å². The van der Waals surface area contributed by atoms with Gasteiger partial charge in [-0.1, -0.05) is 26.0 Å². The van der Waals surface area contributed by atoms with Crippen molar-refractivity contribution in [2.24, 2.45) is 0 Å². The molecule has 3 unspecified atom stereocenters. The van der Waals surface area contributed by atoms with Gasteiger partial charge in [0, 0.05) is 31.2 Å². The molecule has 3 heteroatoms. The topological polar surface area (TPSA) is 15.3 Å². The minimum Gasteiger partial charge on any atom is -0.311 e. The van der Waals surface area contributed by atoms with Crippen LogP contribution in [-0.4, -0.2) is 36.1 Å². The van der Waals surface area contributed by atoms with Crippen molar-refractivity contribution in [2.75, 3.05) is 13.1 Å². The molecule has 0 bridgehead atoms. The molecule has 2 rings (SSSR count). The van der Waals surface area contributed by atoms with Crippen LogP contribution < -0.4 is 5.32 Å². The molecule has 1 saturated heterocycles. The zero-order chi connectivity index (χ0) is 14.5. The van der Waals surface area contributed by atoms with Crippen molar-refractivity contribution in [2.45, 2.75) is 58.2 Å². The van der Waals surface area contributed by atoms with Gasteiger partial charge in [0.2, 0.25) is 0 Å². The van der Waals surface area contributed by atoms with E-state index in [4.69, 9.17) is 0 Å². The van der Waals surface area contributed by atoms with Crippen molar-refractivity contribution in [1.29, 1.82) is 0 Å². The molecule has 2 nitrogen and oxygen atoms in total. The maximum atomic E-state index is 13.3. The summed E-state index contributed by atoms with van der Waals surface area (Å²) in [6.45, 7) is 8.93. The molecular formula is C17H27FN2. The fourth-order valence-corrected chi connectivity index (χ4v) is 3.20. The molecule has 1 aliphatic rings. The van der Waals surface area contributed by atoms with Crippen LogP contribution in [0.3, 0.4) is 0 Å². The second-order valence-electron chi connectivity index (χ2n) is 5.96. The molecule has 1 aromatic rings. The van der Waals surface area contributed by atoms with Crippen molar-refractivity contribution in [3.63, 3.8) is 0 Å². The number of halogens is 1. The molecule has 0 spiro atoms. The van der Waals surface area contributed by atoms with Gasteiger partial charge >= 0.3 is 0 Å². The van der Waals surface area contributed by atoms with Crippen molar-refractivity contribution in [1.82, 2.24) is 10.2 Å². The van der Waals surface area contributed by atoms with Crippen LogP contribution in [0.25, 0.3) is 0 Å². The van der Waals surface area contributed by atoms with Crippen LogP contribution in [0.1, 0.15) is 39.2 Å². The lowest BCUT2D eigenvalue weighted by Crippen LogP contribution is -2.58. The molecule has 0 radical (unpaired) electrons. The summed E-state index contributed by atoms with van der Waals surface area (Å²) in [4.78, 5) is 2.61. The summed E-state index contributed by atoms with van der Waals surface area (Å²) in [5, 5.41) is 3.63. The second kappa shape index (κ2) is 7.19. The van der Waals surface area contributed by atoms with Crippen LogP contribution in [0, 0.1) is 5.82 Å². The zero-order valence-electron chi connectivity index (χ0n) is 12.9. The maximum Gasteiger partial charge on any atom is 0.123 e. The van der Waals surface area contributed by atoms with E-state index < -0.39 is 0 Å². The van der Waals surface area contributed by atoms with E-state index in [2.05, 4.69) is 31.0 Å². The number of rotatable bonds is 5. The molecule has 1 heterocycles. The van der Waals surface area contributed by atoms with Crippen LogP contribution in [-0.2, 0) is 6.42 Å². The summed E-state index contributed by atoms with van der Waals surface area (Å²) in [6, 6.07) is 8.66. The lowest BCUT2D eigenvalue weighted by atomic mass is 9.99. The lowest BCUT2D eigenvalue weighted by molar-refractivity contribution is 0.0851. The molecule has 0 saturated carbocycles. The normalized spacial score (nSPS) is 25.6. The summed E-state index contributed by atoms with van der Waals surface area (Å²) in [5.41, 5.74) is 1.10. The smallest absolute Gasteiger partial charge is 0.123 e. The summed E-state index contributed by atoms with van der Waals surface area (Å²) in [7, 11) is 0. The Morgan fingerprint density at radius 2 is 2.15 bits per heavy atom. The Morgan fingerprint density at radius 1 is 1.35 bits per heavy atom. The van der Waals surface area contributed by atoms with Crippen molar-refractivity contribution in [3.05, 3.63) is 35.6 Å². The highest BCUT2D eigenvalue weighted by Gasteiger charge is 2.29. The molecular weight excluding hydrogens is 251 g/mol. The number of nitrogens with zero attached hydrogens (tertiary/aromatic N) is 1. The summed E-state index contributed by atoms with van der Waals surface area (Å²) in [6.07, 6.45) is 3.25. The van der Waals surface area contributed by atoms with Gasteiger partial charge < -0.3 is 5.32 Å². The number of benzene rings is 1. The molecule has 0 aliphatic carbocycles. The fourth-order valence-electron chi connectivity index (χ4n) is 3.20. The first-order chi connectivity index (χ1) is 9.63. The molecule has 0 aromatic heterocycles. The van der Waals surface area contributed by atoms with E-state index >= 15 is 0 Å². The van der Waals surface area contributed by atoms with Crippen LogP contribution in [0.15, 0.2) is 24.3 Å². The Kier molecular flexibility index (Phi) is 5.55. The first-order valence-corrected chi connectivity index (χ1v) is 7.87. The third kappa shape index (κ3) is 3.80. The van der Waals surface area contributed by atoms with Crippen LogP contribution in [0.2, 0.25) is 0 Å². The van der Waals surface area contributed by atoms with Gasteiger partial charge in [0.1, 0.15) is 5.82 Å². The highest BCUT2D eigenvalue weighted by Crippen LogP contribution is 2.18. The van der Waals surface area contributed by atoms with Crippen LogP contribution in [0.5, 0.6) is 0 Å². The molecule has 1 aromatic carbocycles. The Balaban J connectivity index is 2.03. The zero-order valence-corrected chi connectivity index (χ0v) is 12.9. The van der Waals surface area contributed by atoms with Crippen molar-refractivity contribution in [3.8, 4) is 0 Å². The molecule has 20 heavy (non-hydrogen) atoms. The highest BCUT2D eigenvalue weighted by atomic mass is 19.1. The van der Waals surface area contributed by atoms with Crippen LogP contribution in [0.4, 0.5) is 4.39 Å². The predicted molar refractivity (Wildman–Crippen MR) is 82.4 cm³/mol. The van der Waals surface area contributed by atoms with Gasteiger partial charge in [-0.3, -0.25) is 4.90 Å². The average Bonchev–Trinajstić information content (AvgIpc) is 2.46. The Bertz CT molecular complexity index is 421. The first kappa shape index (κ1) is 15.5. The first-order valence-electron chi connectivity index (χ1n) is 7.87. The molecule has 0 amide bonds. The van der Waals surface area contributed by atoms with E-state index in [9.17, 15) is 4.39 Å². The fraction of sp³-hybridized carbons (Fsp3) is 0.647. The quantitative estimate of drug-likeness (QED) is 0.889. The number of hydrogen-bond donors (Lipinski definition) is 1. The third-order valence-electron chi connectivity index (χ3n) is 4.49. The van der Waals surface area contributed by atoms with Gasteiger partial charge in [-0.2, -0.15) is 0 Å². The summed E-state index contributed by atoms with van der Waals surface area (Å²) < 4.78 is 13.3. The lowest BCUT2D eigenvalue weighted by Gasteiger charge is -2.43. The Hall–Kier alpha value is -0.930. The number of piperazine rings is 1. The van der Waals surface area contributed by atoms with E-state index in [0.717, 1.165) is 31.5 Å². The minimum absolute atomic E-state index is 0.131. The summed E-state index contributed by atoms with van der Waals surface area (Å²) >= 11 is 0. The number of hydrogen-bond acceptors (Lipinski definition) is 2. The monoisotopic (exact) mass is 278 g/mol. The largest absolute Gasteiger partial charge is 0.311 e. The Morgan fingerprint density at radius 3 is 2.80 bits per heavy atom. The number of nitrogens with one attached hydrogen (secondary N) is 1. The van der Waals surface area contributed by atoms with E-state index in [1.807, 2.05) is 6.07 Å². The summed E-state index contributed by atoms with van der Waals surface area (Å²) in [5.74, 6) is -0.131. The standard InChI is InChI=1S/C17H27FN2/c1-4-16-12-20(17(5-2)11-19-16)13(3)9-14-7-6-8-15(18)10-14/h6-8,10,13,16-17,19H,4-5,9,11-12H2,1-3H3. The van der Waals surface area contributed by atoms with Gasteiger partial charge in [-0.05, 0) is 43.9 Å². The predicted octanol–water partition coefficient (Wildman–Crippen LogP) is 3.22. The average molecular weight is 278 g/mol. The van der Waals surface area contributed by atoms with Gasteiger partial charge in [0.05, 0.1) is 0 Å². The SMILES string of the molecule is CCC1CN(C(C)Cc2cccc(F)c2)C(CC)CN1. The molecule has 112 valence electrons. The highest BCUT2D eigenvalue weighted by molar-refractivity contribution is 5.17. The van der Waals surface area contributed by atoms with Gasteiger partial charge in [-0.15, -0.1) is 0 Å². The van der Waals surface area contributed by atoms with Gasteiger partial charge in [0.25, 0.3) is 0 Å². The molecule has 1 aliphatic heterocycles. The van der Waals surface area contributed by atoms with Crippen molar-refractivity contribution >= 4 is 0 Å². The van der Waals surface area contributed by atoms with E-state index in [-0.39, 0.29) is 5.82 Å².